The molecule has 2 atom stereocenters. The molecule has 2 saturated carbocycles. The number of hydrogen-bond donors (Lipinski definition) is 2. The number of benzene rings is 1. The van der Waals surface area contributed by atoms with Gasteiger partial charge in [-0.15, -0.1) is 11.8 Å². The monoisotopic (exact) mass is 304 g/mol. The Morgan fingerprint density at radius 1 is 1.00 bits per heavy atom. The summed E-state index contributed by atoms with van der Waals surface area (Å²) in [6.07, 6.45) is 10.8. The average molecular weight is 305 g/mol. The largest absolute Gasteiger partial charge is 0.381 e. The maximum absolute atomic E-state index is 5.97. The van der Waals surface area contributed by atoms with Crippen molar-refractivity contribution in [3.05, 3.63) is 24.3 Å². The lowest BCUT2D eigenvalue weighted by Crippen LogP contribution is -2.36. The Hall–Kier alpha value is -0.670. The van der Waals surface area contributed by atoms with Crippen LogP contribution in [0.4, 0.5) is 5.69 Å². The third-order valence-electron chi connectivity index (χ3n) is 5.04. The van der Waals surface area contributed by atoms with E-state index in [-0.39, 0.29) is 0 Å². The molecule has 21 heavy (non-hydrogen) atoms. The fourth-order valence-corrected chi connectivity index (χ4v) is 5.09. The van der Waals surface area contributed by atoms with Gasteiger partial charge in [-0.1, -0.05) is 37.8 Å². The molecule has 0 heterocycles. The summed E-state index contributed by atoms with van der Waals surface area (Å²) >= 11 is 2.08. The lowest BCUT2D eigenvalue weighted by atomic mass is 9.84. The van der Waals surface area contributed by atoms with Gasteiger partial charge in [0, 0.05) is 21.9 Å². The van der Waals surface area contributed by atoms with Crippen LogP contribution in [-0.4, -0.2) is 17.8 Å². The summed E-state index contributed by atoms with van der Waals surface area (Å²) in [6.45, 7) is 0.815. The third kappa shape index (κ3) is 3.95. The molecule has 2 fully saturated rings. The predicted octanol–water partition coefficient (Wildman–Crippen LogP) is 4.65. The maximum atomic E-state index is 5.97. The molecule has 1 aromatic rings. The van der Waals surface area contributed by atoms with Crippen molar-refractivity contribution < 1.29 is 0 Å². The van der Waals surface area contributed by atoms with Gasteiger partial charge in [0.2, 0.25) is 0 Å². The Balaban J connectivity index is 1.68. The zero-order valence-corrected chi connectivity index (χ0v) is 13.7. The van der Waals surface area contributed by atoms with E-state index in [1.54, 1.807) is 0 Å². The van der Waals surface area contributed by atoms with Crippen molar-refractivity contribution in [2.45, 2.75) is 67.6 Å². The fraction of sp³-hybridized carbons (Fsp3) is 0.667. The van der Waals surface area contributed by atoms with E-state index in [4.69, 9.17) is 5.73 Å². The van der Waals surface area contributed by atoms with Crippen LogP contribution in [-0.2, 0) is 0 Å². The summed E-state index contributed by atoms with van der Waals surface area (Å²) in [7, 11) is 0. The van der Waals surface area contributed by atoms with Crippen LogP contribution in [0.5, 0.6) is 0 Å². The molecule has 0 aliphatic heterocycles. The highest BCUT2D eigenvalue weighted by Gasteiger charge is 2.25. The van der Waals surface area contributed by atoms with Crippen molar-refractivity contribution in [3.8, 4) is 0 Å². The van der Waals surface area contributed by atoms with Crippen LogP contribution in [0.25, 0.3) is 0 Å². The molecule has 3 N–H and O–H groups in total. The zero-order chi connectivity index (χ0) is 14.5. The highest BCUT2D eigenvalue weighted by atomic mass is 32.2. The van der Waals surface area contributed by atoms with Gasteiger partial charge in [-0.2, -0.15) is 0 Å². The Labute approximate surface area is 133 Å². The highest BCUT2D eigenvalue weighted by molar-refractivity contribution is 8.00. The number of rotatable bonds is 5. The lowest BCUT2D eigenvalue weighted by Gasteiger charge is -2.32. The summed E-state index contributed by atoms with van der Waals surface area (Å²) in [5, 5.41) is 4.65. The molecule has 0 radical (unpaired) electrons. The van der Waals surface area contributed by atoms with Gasteiger partial charge in [0.1, 0.15) is 0 Å². The van der Waals surface area contributed by atoms with Gasteiger partial charge in [-0.25, -0.2) is 0 Å². The van der Waals surface area contributed by atoms with Gasteiger partial charge in [-0.3, -0.25) is 0 Å². The second-order valence-corrected chi connectivity index (χ2v) is 7.89. The molecular weight excluding hydrogens is 276 g/mol. The first-order valence-corrected chi connectivity index (χ1v) is 9.47. The molecule has 116 valence electrons. The Morgan fingerprint density at radius 2 is 1.71 bits per heavy atom. The van der Waals surface area contributed by atoms with Crippen molar-refractivity contribution in [1.82, 2.24) is 0 Å². The van der Waals surface area contributed by atoms with Crippen LogP contribution in [0, 0.1) is 5.92 Å². The van der Waals surface area contributed by atoms with Gasteiger partial charge in [-0.05, 0) is 50.3 Å². The van der Waals surface area contributed by atoms with E-state index in [1.807, 2.05) is 0 Å². The van der Waals surface area contributed by atoms with Crippen molar-refractivity contribution in [1.29, 1.82) is 0 Å². The predicted molar refractivity (Wildman–Crippen MR) is 93.0 cm³/mol. The molecule has 2 unspecified atom stereocenters. The molecule has 3 heteroatoms. The number of nitrogens with one attached hydrogen (secondary N) is 1. The number of para-hydroxylation sites is 1. The molecule has 3 rings (SSSR count). The molecular formula is C18H28N2S. The van der Waals surface area contributed by atoms with Crippen LogP contribution in [0.2, 0.25) is 0 Å². The van der Waals surface area contributed by atoms with Crippen LogP contribution < -0.4 is 11.1 Å². The SMILES string of the molecule is NCC1CCCCC1Nc1ccccc1SC1CCCC1. The highest BCUT2D eigenvalue weighted by Crippen LogP contribution is 2.39. The van der Waals surface area contributed by atoms with E-state index >= 15 is 0 Å². The van der Waals surface area contributed by atoms with E-state index in [0.717, 1.165) is 11.8 Å². The van der Waals surface area contributed by atoms with Gasteiger partial charge in [0.05, 0.1) is 0 Å². The van der Waals surface area contributed by atoms with Crippen LogP contribution in [0.3, 0.4) is 0 Å². The minimum absolute atomic E-state index is 0.564. The van der Waals surface area contributed by atoms with Crippen LogP contribution in [0.15, 0.2) is 29.2 Å². The van der Waals surface area contributed by atoms with E-state index in [9.17, 15) is 0 Å². The van der Waals surface area contributed by atoms with E-state index in [0.29, 0.717) is 12.0 Å². The van der Waals surface area contributed by atoms with E-state index in [2.05, 4.69) is 41.3 Å². The van der Waals surface area contributed by atoms with Gasteiger partial charge in [0.15, 0.2) is 0 Å². The molecule has 0 aromatic heterocycles. The Kier molecular flexibility index (Phi) is 5.48. The first kappa shape index (κ1) is 15.2. The lowest BCUT2D eigenvalue weighted by molar-refractivity contribution is 0.332. The van der Waals surface area contributed by atoms with Crippen molar-refractivity contribution >= 4 is 17.4 Å². The first-order valence-electron chi connectivity index (χ1n) is 8.59. The second kappa shape index (κ2) is 7.55. The summed E-state index contributed by atoms with van der Waals surface area (Å²) in [5.41, 5.74) is 7.31. The topological polar surface area (TPSA) is 38.0 Å². The molecule has 0 bridgehead atoms. The molecule has 0 amide bonds. The van der Waals surface area contributed by atoms with Crippen molar-refractivity contribution in [2.24, 2.45) is 11.7 Å². The maximum Gasteiger partial charge on any atom is 0.0480 e. The molecule has 0 saturated heterocycles. The van der Waals surface area contributed by atoms with Gasteiger partial charge in [0.25, 0.3) is 0 Å². The van der Waals surface area contributed by atoms with Crippen LogP contribution >= 0.6 is 11.8 Å². The minimum Gasteiger partial charge on any atom is -0.381 e. The first-order chi connectivity index (χ1) is 10.4. The summed E-state index contributed by atoms with van der Waals surface area (Å²) in [4.78, 5) is 1.44. The molecule has 2 nitrogen and oxygen atoms in total. The fourth-order valence-electron chi connectivity index (χ4n) is 3.75. The van der Waals surface area contributed by atoms with Gasteiger partial charge >= 0.3 is 0 Å². The van der Waals surface area contributed by atoms with E-state index in [1.165, 1.54) is 61.9 Å². The van der Waals surface area contributed by atoms with Crippen LogP contribution in [0.1, 0.15) is 51.4 Å². The average Bonchev–Trinajstić information content (AvgIpc) is 3.03. The zero-order valence-electron chi connectivity index (χ0n) is 12.9. The Morgan fingerprint density at radius 3 is 2.52 bits per heavy atom. The summed E-state index contributed by atoms with van der Waals surface area (Å²) in [6, 6.07) is 9.42. The number of anilines is 1. The normalized spacial score (nSPS) is 26.9. The third-order valence-corrected chi connectivity index (χ3v) is 6.45. The van der Waals surface area contributed by atoms with Crippen molar-refractivity contribution in [2.75, 3.05) is 11.9 Å². The number of thioether (sulfide) groups is 1. The molecule has 1 aromatic carbocycles. The summed E-state index contributed by atoms with van der Waals surface area (Å²) in [5.74, 6) is 0.642. The number of nitrogens with two attached hydrogens (primary N) is 1. The Bertz CT molecular complexity index is 443. The minimum atomic E-state index is 0.564. The van der Waals surface area contributed by atoms with Crippen molar-refractivity contribution in [3.63, 3.8) is 0 Å². The number of hydrogen-bond acceptors (Lipinski definition) is 3. The molecule has 2 aliphatic carbocycles. The molecule has 2 aliphatic rings. The van der Waals surface area contributed by atoms with E-state index < -0.39 is 0 Å². The quantitative estimate of drug-likeness (QED) is 0.831. The summed E-state index contributed by atoms with van der Waals surface area (Å²) < 4.78 is 0. The smallest absolute Gasteiger partial charge is 0.0480 e. The second-order valence-electron chi connectivity index (χ2n) is 6.55. The molecule has 0 spiro atoms. The van der Waals surface area contributed by atoms with Gasteiger partial charge < -0.3 is 11.1 Å². The standard InChI is InChI=1S/C18H28N2S/c19-13-14-7-1-4-10-16(14)20-17-11-5-6-12-18(17)21-15-8-2-3-9-15/h5-6,11-12,14-16,20H,1-4,7-10,13,19H2.